The Kier molecular flexibility index (Phi) is 2.60. The van der Waals surface area contributed by atoms with Gasteiger partial charge in [0.15, 0.2) is 6.73 Å². The summed E-state index contributed by atoms with van der Waals surface area (Å²) in [4.78, 5) is 8.70. The minimum Gasteiger partial charge on any atom is -0.472 e. The lowest BCUT2D eigenvalue weighted by Crippen LogP contribution is -2.13. The largest absolute Gasteiger partial charge is 0.472 e. The van der Waals surface area contributed by atoms with E-state index in [-0.39, 0.29) is 0 Å². The van der Waals surface area contributed by atoms with E-state index in [1.807, 2.05) is 36.4 Å². The average molecular weight is 328 g/mol. The summed E-state index contributed by atoms with van der Waals surface area (Å²) >= 11 is 3.56. The number of ether oxygens (including phenoxy) is 1. The molecule has 0 radical (unpaired) electrons. The van der Waals surface area contributed by atoms with Crippen LogP contribution in [0.5, 0.6) is 5.75 Å². The Morgan fingerprint density at radius 2 is 1.90 bits per heavy atom. The van der Waals surface area contributed by atoms with Crippen molar-refractivity contribution in [3.63, 3.8) is 0 Å². The van der Waals surface area contributed by atoms with E-state index in [0.29, 0.717) is 6.73 Å². The van der Waals surface area contributed by atoms with Crippen LogP contribution in [0.15, 0.2) is 53.4 Å². The number of halogens is 1. The quantitative estimate of drug-likeness (QED) is 0.683. The maximum atomic E-state index is 5.81. The first-order valence-corrected chi connectivity index (χ1v) is 7.02. The molecule has 0 atom stereocenters. The lowest BCUT2D eigenvalue weighted by molar-refractivity contribution is 0.231. The molecule has 0 spiro atoms. The fourth-order valence-electron chi connectivity index (χ4n) is 2.45. The van der Waals surface area contributed by atoms with Gasteiger partial charge in [-0.05, 0) is 40.2 Å². The Hall–Kier alpha value is -2.14. The van der Waals surface area contributed by atoms with Crippen molar-refractivity contribution >= 4 is 15.9 Å². The first-order chi connectivity index (χ1) is 9.84. The van der Waals surface area contributed by atoms with E-state index < -0.39 is 0 Å². The molecule has 0 bridgehead atoms. The average Bonchev–Trinajstić information content (AvgIpc) is 2.84. The van der Waals surface area contributed by atoms with Crippen LogP contribution in [0.3, 0.4) is 0 Å². The van der Waals surface area contributed by atoms with Crippen LogP contribution in [-0.2, 0) is 6.73 Å². The number of para-hydroxylation sites is 1. The van der Waals surface area contributed by atoms with E-state index in [9.17, 15) is 0 Å². The maximum Gasteiger partial charge on any atom is 0.167 e. The van der Waals surface area contributed by atoms with Crippen LogP contribution in [0.25, 0.3) is 22.6 Å². The first kappa shape index (κ1) is 11.7. The second kappa shape index (κ2) is 4.45. The number of hydrogen-bond acceptors (Lipinski definition) is 3. The van der Waals surface area contributed by atoms with Crippen LogP contribution in [0.1, 0.15) is 0 Å². The summed E-state index contributed by atoms with van der Waals surface area (Å²) < 4.78 is 8.70. The van der Waals surface area contributed by atoms with Crippen molar-refractivity contribution < 1.29 is 4.74 Å². The van der Waals surface area contributed by atoms with Gasteiger partial charge in [-0.15, -0.1) is 0 Å². The molecule has 0 fully saturated rings. The van der Waals surface area contributed by atoms with Gasteiger partial charge in [0.1, 0.15) is 16.2 Å². The van der Waals surface area contributed by atoms with Crippen molar-refractivity contribution in [2.45, 2.75) is 6.73 Å². The molecule has 0 saturated heterocycles. The molecule has 0 saturated carbocycles. The zero-order valence-corrected chi connectivity index (χ0v) is 12.0. The number of nitrogens with zero attached hydrogens (tertiary/aromatic N) is 3. The van der Waals surface area contributed by atoms with Gasteiger partial charge >= 0.3 is 0 Å². The first-order valence-electron chi connectivity index (χ1n) is 6.23. The monoisotopic (exact) mass is 327 g/mol. The second-order valence-electron chi connectivity index (χ2n) is 4.51. The summed E-state index contributed by atoms with van der Waals surface area (Å²) in [6, 6.07) is 11.9. The van der Waals surface area contributed by atoms with E-state index >= 15 is 0 Å². The Morgan fingerprint density at radius 1 is 1.10 bits per heavy atom. The number of imidazole rings is 1. The van der Waals surface area contributed by atoms with E-state index in [4.69, 9.17) is 4.74 Å². The summed E-state index contributed by atoms with van der Waals surface area (Å²) in [6.07, 6.45) is 3.55. The number of fused-ring (bicyclic) bond motifs is 3. The molecule has 20 heavy (non-hydrogen) atoms. The molecular weight excluding hydrogens is 318 g/mol. The number of hydrogen-bond donors (Lipinski definition) is 0. The molecule has 4 rings (SSSR count). The topological polar surface area (TPSA) is 39.9 Å². The van der Waals surface area contributed by atoms with Crippen molar-refractivity contribution in [2.24, 2.45) is 0 Å². The summed E-state index contributed by atoms with van der Waals surface area (Å²) in [5.41, 5.74) is 3.09. The van der Waals surface area contributed by atoms with Crippen molar-refractivity contribution in [2.75, 3.05) is 0 Å². The minimum absolute atomic E-state index is 0.461. The molecule has 2 aromatic heterocycles. The predicted molar refractivity (Wildman–Crippen MR) is 79.2 cm³/mol. The lowest BCUT2D eigenvalue weighted by atomic mass is 10.1. The van der Waals surface area contributed by atoms with Gasteiger partial charge in [-0.1, -0.05) is 12.1 Å². The summed E-state index contributed by atoms with van der Waals surface area (Å²) in [5, 5.41) is 0. The van der Waals surface area contributed by atoms with E-state index in [0.717, 1.165) is 33.0 Å². The van der Waals surface area contributed by atoms with Crippen molar-refractivity contribution in [3.05, 3.63) is 53.4 Å². The summed E-state index contributed by atoms with van der Waals surface area (Å²) in [7, 11) is 0. The van der Waals surface area contributed by atoms with E-state index in [1.54, 1.807) is 12.4 Å². The minimum atomic E-state index is 0.461. The van der Waals surface area contributed by atoms with Crippen LogP contribution >= 0.6 is 15.9 Å². The molecule has 5 heteroatoms. The van der Waals surface area contributed by atoms with Gasteiger partial charge < -0.3 is 4.74 Å². The van der Waals surface area contributed by atoms with E-state index in [1.165, 1.54) is 0 Å². The van der Waals surface area contributed by atoms with Crippen LogP contribution in [0, 0.1) is 0 Å². The fourth-order valence-corrected chi connectivity index (χ4v) is 3.06. The number of pyridine rings is 1. The molecule has 3 aromatic rings. The highest BCUT2D eigenvalue weighted by molar-refractivity contribution is 9.10. The molecule has 1 aliphatic heterocycles. The van der Waals surface area contributed by atoms with Gasteiger partial charge in [0, 0.05) is 18.0 Å². The standard InChI is InChI=1S/C15H10BrN3O/c16-14-13(10-5-7-17-8-6-10)19-9-20-12-4-2-1-3-11(12)15(19)18-14/h1-8H,9H2. The van der Waals surface area contributed by atoms with Gasteiger partial charge in [-0.2, -0.15) is 0 Å². The van der Waals surface area contributed by atoms with Crippen molar-refractivity contribution in [1.29, 1.82) is 0 Å². The van der Waals surface area contributed by atoms with Crippen molar-refractivity contribution in [3.8, 4) is 28.4 Å². The van der Waals surface area contributed by atoms with Gasteiger partial charge in [0.05, 0.1) is 11.3 Å². The molecule has 0 aliphatic carbocycles. The molecule has 4 nitrogen and oxygen atoms in total. The Labute approximate surface area is 124 Å². The molecular formula is C15H10BrN3O. The molecule has 3 heterocycles. The second-order valence-corrected chi connectivity index (χ2v) is 5.26. The van der Waals surface area contributed by atoms with E-state index in [2.05, 4.69) is 30.5 Å². The van der Waals surface area contributed by atoms with Gasteiger partial charge in [-0.25, -0.2) is 4.98 Å². The Bertz CT molecular complexity index is 783. The third kappa shape index (κ3) is 1.67. The molecule has 0 unspecified atom stereocenters. The number of benzene rings is 1. The summed E-state index contributed by atoms with van der Waals surface area (Å²) in [6.45, 7) is 0.461. The third-order valence-corrected chi connectivity index (χ3v) is 3.91. The zero-order valence-electron chi connectivity index (χ0n) is 10.5. The van der Waals surface area contributed by atoms with Crippen LogP contribution in [0.2, 0.25) is 0 Å². The van der Waals surface area contributed by atoms with Crippen LogP contribution in [0.4, 0.5) is 0 Å². The van der Waals surface area contributed by atoms with Crippen molar-refractivity contribution in [1.82, 2.24) is 14.5 Å². The van der Waals surface area contributed by atoms with Gasteiger partial charge in [-0.3, -0.25) is 9.55 Å². The van der Waals surface area contributed by atoms with Gasteiger partial charge in [0.2, 0.25) is 0 Å². The molecule has 98 valence electrons. The number of aromatic nitrogens is 3. The number of rotatable bonds is 1. The molecule has 0 N–H and O–H groups in total. The summed E-state index contributed by atoms with van der Waals surface area (Å²) in [5.74, 6) is 1.80. The zero-order chi connectivity index (χ0) is 13.5. The Morgan fingerprint density at radius 3 is 2.75 bits per heavy atom. The highest BCUT2D eigenvalue weighted by atomic mass is 79.9. The predicted octanol–water partition coefficient (Wildman–Crippen LogP) is 3.72. The highest BCUT2D eigenvalue weighted by Gasteiger charge is 2.24. The fraction of sp³-hybridized carbons (Fsp3) is 0.0667. The smallest absolute Gasteiger partial charge is 0.167 e. The van der Waals surface area contributed by atoms with Crippen LogP contribution in [-0.4, -0.2) is 14.5 Å². The maximum absolute atomic E-state index is 5.81. The lowest BCUT2D eigenvalue weighted by Gasteiger charge is -2.20. The van der Waals surface area contributed by atoms with Gasteiger partial charge in [0.25, 0.3) is 0 Å². The van der Waals surface area contributed by atoms with Crippen LogP contribution < -0.4 is 4.74 Å². The SMILES string of the molecule is Brc1nc2n(c1-c1ccncc1)COc1ccccc1-2. The molecule has 0 amide bonds. The molecule has 1 aliphatic rings. The highest BCUT2D eigenvalue weighted by Crippen LogP contribution is 2.39. The normalized spacial score (nSPS) is 12.4. The Balaban J connectivity index is 1.97. The third-order valence-electron chi connectivity index (χ3n) is 3.36. The molecule has 1 aromatic carbocycles.